The third-order valence-electron chi connectivity index (χ3n) is 6.98. The van der Waals surface area contributed by atoms with Crippen LogP contribution in [0.1, 0.15) is 55.5 Å². The van der Waals surface area contributed by atoms with E-state index in [1.807, 2.05) is 18.7 Å². The quantitative estimate of drug-likeness (QED) is 0.507. The van der Waals surface area contributed by atoms with Crippen molar-refractivity contribution in [1.82, 2.24) is 19.9 Å². The number of halogens is 1. The zero-order valence-corrected chi connectivity index (χ0v) is 20.7. The Hall–Kier alpha value is -2.97. The molecule has 1 amide bonds. The number of morpholine rings is 1. The fourth-order valence-electron chi connectivity index (χ4n) is 5.34. The minimum atomic E-state index is -0.178. The van der Waals surface area contributed by atoms with Gasteiger partial charge in [0.15, 0.2) is 5.78 Å². The van der Waals surface area contributed by atoms with Crippen molar-refractivity contribution in [2.75, 3.05) is 18.4 Å². The Bertz CT molecular complexity index is 1230. The smallest absolute Gasteiger partial charge is 0.225 e. The maximum Gasteiger partial charge on any atom is 0.225 e. The molecule has 8 nitrogen and oxygen atoms in total. The summed E-state index contributed by atoms with van der Waals surface area (Å²) in [6.07, 6.45) is 6.66. The molecule has 2 aliphatic rings. The molecule has 2 fully saturated rings. The van der Waals surface area contributed by atoms with E-state index in [4.69, 9.17) is 16.3 Å². The zero-order valence-electron chi connectivity index (χ0n) is 20.0. The van der Waals surface area contributed by atoms with Gasteiger partial charge in [-0.3, -0.25) is 9.59 Å². The highest BCUT2D eigenvalue weighted by atomic mass is 35.5. The Labute approximate surface area is 209 Å². The molecule has 1 aromatic carbocycles. The number of amides is 1. The predicted octanol–water partition coefficient (Wildman–Crippen LogP) is 4.45. The van der Waals surface area contributed by atoms with Crippen molar-refractivity contribution in [3.63, 3.8) is 0 Å². The molecule has 1 aliphatic heterocycles. The Kier molecular flexibility index (Phi) is 6.75. The summed E-state index contributed by atoms with van der Waals surface area (Å²) in [6, 6.07) is 7.18. The maximum absolute atomic E-state index is 13.3. The number of nitrogens with zero attached hydrogens (tertiary/aromatic N) is 3. The number of aromatic nitrogens is 3. The Morgan fingerprint density at radius 1 is 1.06 bits per heavy atom. The molecule has 1 saturated carbocycles. The van der Waals surface area contributed by atoms with Crippen LogP contribution in [0.3, 0.4) is 0 Å². The average molecular weight is 496 g/mol. The van der Waals surface area contributed by atoms with Crippen LogP contribution in [0.25, 0.3) is 11.0 Å². The average Bonchev–Trinajstić information content (AvgIpc) is 3.29. The SMILES string of the molecule is C[C@@H]1CN(C(=O)C2CCC(Nc3ncnc4[nH]cc(C(=O)c5ccccc5Cl)c34)CC2)C[C@H](C)O1. The van der Waals surface area contributed by atoms with E-state index in [-0.39, 0.29) is 35.9 Å². The topological polar surface area (TPSA) is 100 Å². The number of aromatic amines is 1. The lowest BCUT2D eigenvalue weighted by molar-refractivity contribution is -0.148. The van der Waals surface area contributed by atoms with Gasteiger partial charge in [0.2, 0.25) is 5.91 Å². The van der Waals surface area contributed by atoms with Gasteiger partial charge >= 0.3 is 0 Å². The second-order valence-corrected chi connectivity index (χ2v) is 10.1. The number of H-pyrrole nitrogens is 1. The lowest BCUT2D eigenvalue weighted by Gasteiger charge is -2.38. The van der Waals surface area contributed by atoms with Crippen LogP contribution in [0, 0.1) is 5.92 Å². The number of carbonyl (C=O) groups excluding carboxylic acids is 2. The van der Waals surface area contributed by atoms with Gasteiger partial charge in [0.05, 0.1) is 28.2 Å². The maximum atomic E-state index is 13.3. The Morgan fingerprint density at radius 3 is 2.49 bits per heavy atom. The van der Waals surface area contributed by atoms with Crippen molar-refractivity contribution in [2.45, 2.75) is 57.8 Å². The summed E-state index contributed by atoms with van der Waals surface area (Å²) in [4.78, 5) is 40.2. The molecular formula is C26H30ClN5O3. The Balaban J connectivity index is 1.29. The van der Waals surface area contributed by atoms with E-state index in [9.17, 15) is 9.59 Å². The molecule has 3 heterocycles. The van der Waals surface area contributed by atoms with Crippen molar-refractivity contribution in [2.24, 2.45) is 5.92 Å². The third-order valence-corrected chi connectivity index (χ3v) is 7.31. The van der Waals surface area contributed by atoms with Crippen LogP contribution in [-0.4, -0.2) is 62.9 Å². The molecule has 2 atom stereocenters. The van der Waals surface area contributed by atoms with Gasteiger partial charge in [-0.05, 0) is 51.7 Å². The van der Waals surface area contributed by atoms with Crippen LogP contribution in [-0.2, 0) is 9.53 Å². The van der Waals surface area contributed by atoms with Crippen molar-refractivity contribution < 1.29 is 14.3 Å². The minimum Gasteiger partial charge on any atom is -0.372 e. The molecule has 0 radical (unpaired) electrons. The van der Waals surface area contributed by atoms with Gasteiger partial charge in [0.1, 0.15) is 17.8 Å². The number of ketones is 1. The highest BCUT2D eigenvalue weighted by Crippen LogP contribution is 2.32. The van der Waals surface area contributed by atoms with E-state index >= 15 is 0 Å². The van der Waals surface area contributed by atoms with E-state index in [1.165, 1.54) is 6.33 Å². The highest BCUT2D eigenvalue weighted by Gasteiger charge is 2.33. The highest BCUT2D eigenvalue weighted by molar-refractivity contribution is 6.35. The summed E-state index contributed by atoms with van der Waals surface area (Å²) in [5, 5.41) is 4.59. The number of fused-ring (bicyclic) bond motifs is 1. The molecule has 2 N–H and O–H groups in total. The van der Waals surface area contributed by atoms with Crippen LogP contribution in [0.2, 0.25) is 5.02 Å². The minimum absolute atomic E-state index is 0.0422. The lowest BCUT2D eigenvalue weighted by atomic mass is 9.85. The van der Waals surface area contributed by atoms with Gasteiger partial charge in [-0.1, -0.05) is 23.7 Å². The first kappa shape index (κ1) is 23.8. The normalized spacial score (nSPS) is 24.9. The van der Waals surface area contributed by atoms with E-state index in [2.05, 4.69) is 20.3 Å². The molecule has 3 aromatic rings. The standard InChI is InChI=1S/C26H30ClN5O3/c1-15-12-32(13-16(2)35-15)26(34)17-7-9-18(10-8-17)31-25-22-20(11-28-24(22)29-14-30-25)23(33)19-5-3-4-6-21(19)27/h3-6,11,14-18H,7-10,12-13H2,1-2H3,(H2,28,29,30,31)/t15-,16+,17?,18?. The molecule has 0 unspecified atom stereocenters. The monoisotopic (exact) mass is 495 g/mol. The lowest BCUT2D eigenvalue weighted by Crippen LogP contribution is -2.50. The summed E-state index contributed by atoms with van der Waals surface area (Å²) in [5.41, 5.74) is 1.52. The van der Waals surface area contributed by atoms with E-state index in [0.717, 1.165) is 25.7 Å². The van der Waals surface area contributed by atoms with E-state index < -0.39 is 0 Å². The Morgan fingerprint density at radius 2 is 1.77 bits per heavy atom. The number of rotatable bonds is 5. The number of benzene rings is 1. The van der Waals surface area contributed by atoms with Crippen LogP contribution in [0.5, 0.6) is 0 Å². The van der Waals surface area contributed by atoms with E-state index in [0.29, 0.717) is 46.1 Å². The van der Waals surface area contributed by atoms with Crippen LogP contribution in [0.15, 0.2) is 36.8 Å². The van der Waals surface area contributed by atoms with Gasteiger partial charge in [-0.2, -0.15) is 0 Å². The van der Waals surface area contributed by atoms with Crippen LogP contribution >= 0.6 is 11.6 Å². The molecule has 0 bridgehead atoms. The first-order valence-electron chi connectivity index (χ1n) is 12.2. The number of anilines is 1. The summed E-state index contributed by atoms with van der Waals surface area (Å²) in [7, 11) is 0. The largest absolute Gasteiger partial charge is 0.372 e. The molecule has 1 aliphatic carbocycles. The molecule has 184 valence electrons. The molecule has 5 rings (SSSR count). The van der Waals surface area contributed by atoms with Crippen molar-refractivity contribution in [1.29, 1.82) is 0 Å². The zero-order chi connectivity index (χ0) is 24.5. The van der Waals surface area contributed by atoms with Crippen molar-refractivity contribution in [3.05, 3.63) is 52.9 Å². The van der Waals surface area contributed by atoms with Gasteiger partial charge in [0.25, 0.3) is 0 Å². The number of hydrogen-bond donors (Lipinski definition) is 2. The molecule has 2 aromatic heterocycles. The van der Waals surface area contributed by atoms with Gasteiger partial charge in [-0.15, -0.1) is 0 Å². The van der Waals surface area contributed by atoms with E-state index in [1.54, 1.807) is 30.5 Å². The number of ether oxygens (including phenoxy) is 1. The van der Waals surface area contributed by atoms with Crippen LogP contribution in [0.4, 0.5) is 5.82 Å². The summed E-state index contributed by atoms with van der Waals surface area (Å²) in [6.45, 7) is 5.36. The number of nitrogens with one attached hydrogen (secondary N) is 2. The number of hydrogen-bond acceptors (Lipinski definition) is 6. The van der Waals surface area contributed by atoms with Crippen LogP contribution < -0.4 is 5.32 Å². The molecule has 1 saturated heterocycles. The van der Waals surface area contributed by atoms with Gasteiger partial charge < -0.3 is 19.9 Å². The molecular weight excluding hydrogens is 466 g/mol. The first-order valence-corrected chi connectivity index (χ1v) is 12.6. The molecule has 35 heavy (non-hydrogen) atoms. The van der Waals surface area contributed by atoms with Crippen molar-refractivity contribution in [3.8, 4) is 0 Å². The first-order chi connectivity index (χ1) is 16.9. The summed E-state index contributed by atoms with van der Waals surface area (Å²) < 4.78 is 5.78. The fourth-order valence-corrected chi connectivity index (χ4v) is 5.56. The summed E-state index contributed by atoms with van der Waals surface area (Å²) >= 11 is 6.28. The fraction of sp³-hybridized carbons (Fsp3) is 0.462. The summed E-state index contributed by atoms with van der Waals surface area (Å²) in [5.74, 6) is 0.731. The van der Waals surface area contributed by atoms with Gasteiger partial charge in [-0.25, -0.2) is 9.97 Å². The third kappa shape index (κ3) is 4.90. The second kappa shape index (κ2) is 9.95. The van der Waals surface area contributed by atoms with Gasteiger partial charge in [0, 0.05) is 36.8 Å². The molecule has 0 spiro atoms. The second-order valence-electron chi connectivity index (χ2n) is 9.65. The number of carbonyl (C=O) groups is 2. The molecule has 9 heteroatoms. The predicted molar refractivity (Wildman–Crippen MR) is 135 cm³/mol. The van der Waals surface area contributed by atoms with Crippen molar-refractivity contribution >= 4 is 40.1 Å².